The molecule has 5 nitrogen and oxygen atoms in total. The van der Waals surface area contributed by atoms with Crippen molar-refractivity contribution < 1.29 is 14.6 Å². The quantitative estimate of drug-likeness (QED) is 0.596. The van der Waals surface area contributed by atoms with Gasteiger partial charge in [-0.2, -0.15) is 5.10 Å². The highest BCUT2D eigenvalue weighted by molar-refractivity contribution is 9.10. The van der Waals surface area contributed by atoms with E-state index in [-0.39, 0.29) is 5.69 Å². The highest BCUT2D eigenvalue weighted by Gasteiger charge is 2.13. The normalized spacial score (nSPS) is 10.7. The molecule has 3 aromatic rings. The molecule has 0 saturated carbocycles. The largest absolute Gasteiger partial charge is 0.488 e. The molecule has 0 aliphatic carbocycles. The van der Waals surface area contributed by atoms with E-state index in [9.17, 15) is 4.79 Å². The molecule has 1 aromatic heterocycles. The topological polar surface area (TPSA) is 64.3 Å². The van der Waals surface area contributed by atoms with Gasteiger partial charge in [-0.25, -0.2) is 4.79 Å². The Hall–Kier alpha value is -2.31. The molecule has 0 fully saturated rings. The Morgan fingerprint density at radius 1 is 1.23 bits per heavy atom. The van der Waals surface area contributed by atoms with Gasteiger partial charge in [-0.05, 0) is 37.3 Å². The summed E-state index contributed by atoms with van der Waals surface area (Å²) < 4.78 is 8.51. The Labute approximate surface area is 164 Å². The third kappa shape index (κ3) is 4.26. The van der Waals surface area contributed by atoms with Gasteiger partial charge in [-0.1, -0.05) is 45.7 Å². The van der Waals surface area contributed by atoms with Crippen LogP contribution in [0.25, 0.3) is 0 Å². The SMILES string of the molecule is Cc1cc(C(=O)O)nn1Cc1cc(Br)ccc1OCc1ccccc1Cl. The zero-order chi connectivity index (χ0) is 18.7. The minimum Gasteiger partial charge on any atom is -0.488 e. The van der Waals surface area contributed by atoms with Crippen molar-refractivity contribution in [3.05, 3.63) is 80.5 Å². The fourth-order valence-corrected chi connectivity index (χ4v) is 3.12. The Bertz CT molecular complexity index is 956. The number of aromatic carboxylic acids is 1. The number of aryl methyl sites for hydroxylation is 1. The average molecular weight is 436 g/mol. The van der Waals surface area contributed by atoms with E-state index >= 15 is 0 Å². The summed E-state index contributed by atoms with van der Waals surface area (Å²) in [5.74, 6) is -0.351. The average Bonchev–Trinajstić information content (AvgIpc) is 2.97. The van der Waals surface area contributed by atoms with Crippen molar-refractivity contribution in [2.24, 2.45) is 0 Å². The molecule has 134 valence electrons. The van der Waals surface area contributed by atoms with Crippen molar-refractivity contribution in [3.8, 4) is 5.75 Å². The second-order valence-electron chi connectivity index (χ2n) is 5.77. The molecular formula is C19H16BrClN2O3. The van der Waals surface area contributed by atoms with Crippen molar-refractivity contribution >= 4 is 33.5 Å². The summed E-state index contributed by atoms with van der Waals surface area (Å²) in [5, 5.41) is 13.9. The van der Waals surface area contributed by atoms with E-state index in [1.165, 1.54) is 0 Å². The number of aromatic nitrogens is 2. The summed E-state index contributed by atoms with van der Waals surface area (Å²) in [6.45, 7) is 2.56. The lowest BCUT2D eigenvalue weighted by molar-refractivity contribution is 0.0689. The summed E-state index contributed by atoms with van der Waals surface area (Å²) in [6, 6.07) is 14.8. The van der Waals surface area contributed by atoms with E-state index < -0.39 is 5.97 Å². The van der Waals surface area contributed by atoms with Crippen LogP contribution in [0.2, 0.25) is 5.02 Å². The number of nitrogens with zero attached hydrogens (tertiary/aromatic N) is 2. The first-order valence-corrected chi connectivity index (χ1v) is 9.03. The summed E-state index contributed by atoms with van der Waals surface area (Å²) in [4.78, 5) is 11.1. The number of halogens is 2. The van der Waals surface area contributed by atoms with Crippen molar-refractivity contribution in [1.82, 2.24) is 9.78 Å². The number of hydrogen-bond acceptors (Lipinski definition) is 3. The number of carbonyl (C=O) groups is 1. The minimum absolute atomic E-state index is 0.0241. The van der Waals surface area contributed by atoms with Gasteiger partial charge in [0.25, 0.3) is 0 Å². The van der Waals surface area contributed by atoms with Crippen molar-refractivity contribution in [2.75, 3.05) is 0 Å². The fraction of sp³-hybridized carbons (Fsp3) is 0.158. The van der Waals surface area contributed by atoms with Crippen LogP contribution in [0.1, 0.15) is 27.3 Å². The van der Waals surface area contributed by atoms with E-state index in [0.717, 1.165) is 21.3 Å². The van der Waals surface area contributed by atoms with Crippen LogP contribution in [0, 0.1) is 6.92 Å². The van der Waals surface area contributed by atoms with Crippen LogP contribution in [0.5, 0.6) is 5.75 Å². The van der Waals surface area contributed by atoms with Gasteiger partial charge in [-0.15, -0.1) is 0 Å². The second-order valence-corrected chi connectivity index (χ2v) is 7.09. The molecule has 0 unspecified atom stereocenters. The molecule has 0 bridgehead atoms. The van der Waals surface area contributed by atoms with Gasteiger partial charge in [0.15, 0.2) is 5.69 Å². The number of carboxylic acid groups (broad SMARTS) is 1. The molecule has 0 radical (unpaired) electrons. The number of ether oxygens (including phenoxy) is 1. The number of benzene rings is 2. The molecule has 0 aliphatic heterocycles. The number of rotatable bonds is 6. The van der Waals surface area contributed by atoms with Crippen molar-refractivity contribution in [1.29, 1.82) is 0 Å². The van der Waals surface area contributed by atoms with E-state index in [2.05, 4.69) is 21.0 Å². The second kappa shape index (κ2) is 7.93. The molecule has 2 aromatic carbocycles. The molecule has 26 heavy (non-hydrogen) atoms. The third-order valence-corrected chi connectivity index (χ3v) is 4.75. The molecular weight excluding hydrogens is 420 g/mol. The molecule has 3 rings (SSSR count). The van der Waals surface area contributed by atoms with Gasteiger partial charge in [0, 0.05) is 26.3 Å². The Morgan fingerprint density at radius 3 is 2.69 bits per heavy atom. The van der Waals surface area contributed by atoms with Gasteiger partial charge >= 0.3 is 5.97 Å². The van der Waals surface area contributed by atoms with E-state index in [4.69, 9.17) is 21.4 Å². The van der Waals surface area contributed by atoms with Gasteiger partial charge in [0.2, 0.25) is 0 Å². The molecule has 0 atom stereocenters. The van der Waals surface area contributed by atoms with Crippen LogP contribution >= 0.6 is 27.5 Å². The molecule has 1 heterocycles. The molecule has 0 spiro atoms. The maximum absolute atomic E-state index is 11.1. The predicted molar refractivity (Wildman–Crippen MR) is 103 cm³/mol. The molecule has 0 aliphatic rings. The first-order valence-electron chi connectivity index (χ1n) is 7.86. The molecule has 7 heteroatoms. The monoisotopic (exact) mass is 434 g/mol. The van der Waals surface area contributed by atoms with Crippen LogP contribution in [-0.4, -0.2) is 20.9 Å². The molecule has 0 saturated heterocycles. The smallest absolute Gasteiger partial charge is 0.356 e. The first-order chi connectivity index (χ1) is 12.4. The lowest BCUT2D eigenvalue weighted by atomic mass is 10.2. The Kier molecular flexibility index (Phi) is 5.64. The van der Waals surface area contributed by atoms with Gasteiger partial charge < -0.3 is 9.84 Å². The van der Waals surface area contributed by atoms with E-state index in [1.807, 2.05) is 49.4 Å². The standard InChI is InChI=1S/C19H16BrClN2O3/c1-12-8-17(19(24)25)22-23(12)10-14-9-15(20)6-7-18(14)26-11-13-4-2-3-5-16(13)21/h2-9H,10-11H2,1H3,(H,24,25). The highest BCUT2D eigenvalue weighted by atomic mass is 79.9. The van der Waals surface area contributed by atoms with Crippen LogP contribution < -0.4 is 4.74 Å². The Balaban J connectivity index is 1.84. The van der Waals surface area contributed by atoms with Gasteiger partial charge in [0.05, 0.1) is 6.54 Å². The summed E-state index contributed by atoms with van der Waals surface area (Å²) in [7, 11) is 0. The summed E-state index contributed by atoms with van der Waals surface area (Å²) in [6.07, 6.45) is 0. The highest BCUT2D eigenvalue weighted by Crippen LogP contribution is 2.26. The van der Waals surface area contributed by atoms with Gasteiger partial charge in [0.1, 0.15) is 12.4 Å². The van der Waals surface area contributed by atoms with Crippen LogP contribution in [0.15, 0.2) is 53.0 Å². The van der Waals surface area contributed by atoms with Crippen LogP contribution in [0.3, 0.4) is 0 Å². The van der Waals surface area contributed by atoms with Crippen LogP contribution in [0.4, 0.5) is 0 Å². The fourth-order valence-electron chi connectivity index (χ4n) is 2.52. The zero-order valence-corrected chi connectivity index (χ0v) is 16.3. The third-order valence-electron chi connectivity index (χ3n) is 3.88. The predicted octanol–water partition coefficient (Wildman–Crippen LogP) is 4.93. The summed E-state index contributed by atoms with van der Waals surface area (Å²) >= 11 is 9.65. The molecule has 1 N–H and O–H groups in total. The lowest BCUT2D eigenvalue weighted by Gasteiger charge is -2.14. The minimum atomic E-state index is -1.05. The number of hydrogen-bond donors (Lipinski definition) is 1. The Morgan fingerprint density at radius 2 is 2.00 bits per heavy atom. The first kappa shape index (κ1) is 18.5. The maximum Gasteiger partial charge on any atom is 0.356 e. The number of carboxylic acids is 1. The lowest BCUT2D eigenvalue weighted by Crippen LogP contribution is -2.08. The van der Waals surface area contributed by atoms with Crippen molar-refractivity contribution in [3.63, 3.8) is 0 Å². The molecule has 0 amide bonds. The van der Waals surface area contributed by atoms with E-state index in [1.54, 1.807) is 10.7 Å². The summed E-state index contributed by atoms with van der Waals surface area (Å²) in [5.41, 5.74) is 2.57. The zero-order valence-electron chi connectivity index (χ0n) is 13.9. The van der Waals surface area contributed by atoms with Crippen LogP contribution in [-0.2, 0) is 13.2 Å². The maximum atomic E-state index is 11.1. The van der Waals surface area contributed by atoms with Gasteiger partial charge in [-0.3, -0.25) is 4.68 Å². The van der Waals surface area contributed by atoms with Crippen molar-refractivity contribution in [2.45, 2.75) is 20.1 Å². The van der Waals surface area contributed by atoms with E-state index in [0.29, 0.717) is 23.9 Å².